The van der Waals surface area contributed by atoms with Crippen LogP contribution in [0.3, 0.4) is 0 Å². The highest BCUT2D eigenvalue weighted by Gasteiger charge is 2.34. The van der Waals surface area contributed by atoms with Crippen LogP contribution in [0.25, 0.3) is 72.4 Å². The molecule has 0 saturated carbocycles. The minimum atomic E-state index is 0.0761. The molecule has 5 aliphatic rings. The van der Waals surface area contributed by atoms with Crippen molar-refractivity contribution in [2.45, 2.75) is 25.7 Å². The third-order valence-electron chi connectivity index (χ3n) is 15.0. The third-order valence-corrected chi connectivity index (χ3v) is 15.0. The molecule has 13 rings (SSSR count). The molecule has 0 saturated heterocycles. The van der Waals surface area contributed by atoms with Crippen LogP contribution in [0.15, 0.2) is 272 Å². The normalized spacial score (nSPS) is 18.5. The van der Waals surface area contributed by atoms with Crippen LogP contribution in [0.2, 0.25) is 0 Å². The Hall–Kier alpha value is -9.03. The summed E-state index contributed by atoms with van der Waals surface area (Å²) in [4.78, 5) is 5.19. The fourth-order valence-electron chi connectivity index (χ4n) is 11.5. The molecule has 3 unspecified atom stereocenters. The molecule has 1 heterocycles. The predicted octanol–water partition coefficient (Wildman–Crippen LogP) is 15.9. The number of benzene rings is 7. The van der Waals surface area contributed by atoms with Crippen molar-refractivity contribution in [1.29, 1.82) is 0 Å². The van der Waals surface area contributed by atoms with Gasteiger partial charge in [0.05, 0.1) is 16.6 Å². The van der Waals surface area contributed by atoms with Gasteiger partial charge in [0.15, 0.2) is 5.82 Å². The van der Waals surface area contributed by atoms with Crippen molar-refractivity contribution in [2.24, 2.45) is 11.8 Å². The summed E-state index contributed by atoms with van der Waals surface area (Å²) < 4.78 is 2.26. The van der Waals surface area contributed by atoms with Crippen LogP contribution in [0.1, 0.15) is 53.8 Å². The van der Waals surface area contributed by atoms with Crippen LogP contribution >= 0.6 is 0 Å². The summed E-state index contributed by atoms with van der Waals surface area (Å²) in [5.74, 6) is 1.44. The van der Waals surface area contributed by atoms with E-state index in [-0.39, 0.29) is 17.8 Å². The average Bonchev–Trinajstić information content (AvgIpc) is 3.64. The Labute approximate surface area is 427 Å². The van der Waals surface area contributed by atoms with Crippen molar-refractivity contribution in [1.82, 2.24) is 9.55 Å². The molecule has 0 bridgehead atoms. The van der Waals surface area contributed by atoms with E-state index in [1.165, 1.54) is 77.2 Å². The number of allylic oxidation sites excluding steroid dienone is 18. The third kappa shape index (κ3) is 8.30. The average molecular weight is 933 g/mol. The molecular weight excluding hydrogens is 881 g/mol. The highest BCUT2D eigenvalue weighted by molar-refractivity contribution is 5.94. The highest BCUT2D eigenvalue weighted by atomic mass is 15.1. The lowest BCUT2D eigenvalue weighted by molar-refractivity contribution is 0.597. The quantitative estimate of drug-likeness (QED) is 0.132. The summed E-state index contributed by atoms with van der Waals surface area (Å²) in [5, 5.41) is 2.48. The van der Waals surface area contributed by atoms with Crippen LogP contribution < -0.4 is 10.4 Å². The first kappa shape index (κ1) is 44.0. The Morgan fingerprint density at radius 3 is 1.86 bits per heavy atom. The molecule has 0 N–H and O–H groups in total. The molecule has 0 aliphatic heterocycles. The molecule has 0 fully saturated rings. The Bertz CT molecular complexity index is 3980. The topological polar surface area (TPSA) is 17.8 Å². The molecule has 0 spiro atoms. The van der Waals surface area contributed by atoms with Gasteiger partial charge in [-0.05, 0) is 162 Å². The predicted molar refractivity (Wildman–Crippen MR) is 305 cm³/mol. The summed E-state index contributed by atoms with van der Waals surface area (Å²) in [7, 11) is 0. The van der Waals surface area contributed by atoms with Crippen molar-refractivity contribution >= 4 is 39.0 Å². The van der Waals surface area contributed by atoms with Gasteiger partial charge in [0.2, 0.25) is 0 Å². The molecule has 1 aromatic heterocycles. The van der Waals surface area contributed by atoms with E-state index in [1.807, 2.05) is 0 Å². The lowest BCUT2D eigenvalue weighted by atomic mass is 9.68. The van der Waals surface area contributed by atoms with Gasteiger partial charge >= 0.3 is 0 Å². The first-order valence-corrected chi connectivity index (χ1v) is 25.6. The lowest BCUT2D eigenvalue weighted by Gasteiger charge is -2.35. The van der Waals surface area contributed by atoms with E-state index in [1.54, 1.807) is 0 Å². The number of hydrogen-bond donors (Lipinski definition) is 0. The first-order valence-electron chi connectivity index (χ1n) is 25.6. The van der Waals surface area contributed by atoms with E-state index in [2.05, 4.69) is 278 Å². The SMILES string of the molecule is CC1C=CC=C2C(c3cc(-c4ccccc4)cc(C4C=CC=CC4)c3)=c3ccc(C4=C=C=C(c5nc6ccccc6n5C5=CCC=CC=C5)C=C4)cc3=C(c3cc(-c4ccccc4)cc(-c4ccccc4)c3)C21. The molecule has 2 nitrogen and oxygen atoms in total. The maximum absolute atomic E-state index is 5.19. The van der Waals surface area contributed by atoms with Crippen LogP contribution in [-0.2, 0) is 0 Å². The van der Waals surface area contributed by atoms with Gasteiger partial charge < -0.3 is 0 Å². The maximum atomic E-state index is 5.19. The molecule has 8 aromatic rings. The fraction of sp³-hybridized carbons (Fsp3) is 0.0845. The van der Waals surface area contributed by atoms with Crippen LogP contribution in [-0.4, -0.2) is 9.55 Å². The second-order valence-electron chi connectivity index (χ2n) is 19.6. The summed E-state index contributed by atoms with van der Waals surface area (Å²) >= 11 is 0. The smallest absolute Gasteiger partial charge is 0.154 e. The zero-order chi connectivity index (χ0) is 48.7. The zero-order valence-corrected chi connectivity index (χ0v) is 40.8. The summed E-state index contributed by atoms with van der Waals surface area (Å²) in [6.07, 6.45) is 33.1. The standard InChI is InChI=1S/C71H52N2/c1-48-21-20-32-64-68(48)70(61-45-58(51-26-12-6-13-27-51)42-59(46-61)52-28-14-7-15-29-52)65-47-55(53-35-37-54(38-36-53)71-72-66-33-18-19-34-67(66)73(71)62-30-16-2-3-17-31-62)39-40-63(65)69(64)60-43-56(49-22-8-4-9-23-49)41-57(44-60)50-24-10-5-11-25-50/h2-16,18-24,26-35,37,39-48,50,68H,17,25H2,1H3. The van der Waals surface area contributed by atoms with E-state index in [9.17, 15) is 0 Å². The number of fused-ring (bicyclic) bond motifs is 3. The number of rotatable bonds is 9. The summed E-state index contributed by atoms with van der Waals surface area (Å²) in [6, 6.07) is 62.7. The van der Waals surface area contributed by atoms with Gasteiger partial charge in [0.1, 0.15) is 0 Å². The molecule has 73 heavy (non-hydrogen) atoms. The molecule has 346 valence electrons. The molecule has 3 atom stereocenters. The molecule has 5 aliphatic carbocycles. The molecule has 7 aromatic carbocycles. The van der Waals surface area contributed by atoms with E-state index in [0.717, 1.165) is 52.1 Å². The van der Waals surface area contributed by atoms with Gasteiger partial charge in [-0.15, -0.1) is 0 Å². The van der Waals surface area contributed by atoms with Gasteiger partial charge in [0, 0.05) is 23.1 Å². The monoisotopic (exact) mass is 932 g/mol. The number of aromatic nitrogens is 2. The Balaban J connectivity index is 1.09. The Morgan fingerprint density at radius 2 is 1.15 bits per heavy atom. The molecule has 0 amide bonds. The lowest BCUT2D eigenvalue weighted by Crippen LogP contribution is -2.40. The van der Waals surface area contributed by atoms with E-state index < -0.39 is 0 Å². The van der Waals surface area contributed by atoms with Gasteiger partial charge in [0.25, 0.3) is 0 Å². The van der Waals surface area contributed by atoms with Crippen molar-refractivity contribution in [3.8, 4) is 33.4 Å². The van der Waals surface area contributed by atoms with Gasteiger partial charge in [-0.25, -0.2) is 4.98 Å². The van der Waals surface area contributed by atoms with Crippen LogP contribution in [0.5, 0.6) is 0 Å². The van der Waals surface area contributed by atoms with Crippen LogP contribution in [0.4, 0.5) is 0 Å². The second-order valence-corrected chi connectivity index (χ2v) is 19.6. The van der Waals surface area contributed by atoms with Gasteiger partial charge in [-0.1, -0.05) is 213 Å². The van der Waals surface area contributed by atoms with Crippen molar-refractivity contribution in [3.05, 3.63) is 310 Å². The van der Waals surface area contributed by atoms with Gasteiger partial charge in [-0.2, -0.15) is 0 Å². The van der Waals surface area contributed by atoms with Crippen molar-refractivity contribution < 1.29 is 0 Å². The maximum Gasteiger partial charge on any atom is 0.154 e. The highest BCUT2D eigenvalue weighted by Crippen LogP contribution is 2.46. The van der Waals surface area contributed by atoms with Gasteiger partial charge in [-0.3, -0.25) is 4.57 Å². The first-order chi connectivity index (χ1) is 36.1. The Morgan fingerprint density at radius 1 is 0.507 bits per heavy atom. The van der Waals surface area contributed by atoms with E-state index in [4.69, 9.17) is 4.98 Å². The Kier molecular flexibility index (Phi) is 11.4. The largest absolute Gasteiger partial charge is 0.292 e. The molecule has 0 radical (unpaired) electrons. The summed E-state index contributed by atoms with van der Waals surface area (Å²) in [6.45, 7) is 2.40. The number of imidazole rings is 1. The number of nitrogens with zero attached hydrogens (tertiary/aromatic N) is 2. The van der Waals surface area contributed by atoms with Crippen LogP contribution in [0, 0.1) is 11.8 Å². The van der Waals surface area contributed by atoms with E-state index >= 15 is 0 Å². The second kappa shape index (κ2) is 18.9. The minimum Gasteiger partial charge on any atom is -0.292 e. The number of para-hydroxylation sites is 2. The van der Waals surface area contributed by atoms with E-state index in [0.29, 0.717) is 0 Å². The summed E-state index contributed by atoms with van der Waals surface area (Å²) in [5.41, 5.74) is 28.4. The minimum absolute atomic E-state index is 0.0761. The van der Waals surface area contributed by atoms with Crippen molar-refractivity contribution in [2.75, 3.05) is 0 Å². The van der Waals surface area contributed by atoms with Crippen molar-refractivity contribution in [3.63, 3.8) is 0 Å². The molecular formula is C71H52N2. The molecule has 2 heteroatoms. The fourth-order valence-corrected chi connectivity index (χ4v) is 11.5. The zero-order valence-electron chi connectivity index (χ0n) is 40.8. The number of hydrogen-bond acceptors (Lipinski definition) is 1.